The van der Waals surface area contributed by atoms with E-state index in [2.05, 4.69) is 30.7 Å². The fraction of sp³-hybridized carbons (Fsp3) is 0.692. The maximum absolute atomic E-state index is 6.08. The van der Waals surface area contributed by atoms with Crippen molar-refractivity contribution in [2.45, 2.75) is 57.4 Å². The quantitative estimate of drug-likeness (QED) is 0.835. The normalized spacial score (nSPS) is 18.1. The second kappa shape index (κ2) is 3.95. The number of nitrogens with two attached hydrogens (primary N) is 2. The third kappa shape index (κ3) is 2.94. The average Bonchev–Trinajstić information content (AvgIpc) is 2.94. The fourth-order valence-corrected chi connectivity index (χ4v) is 1.77. The van der Waals surface area contributed by atoms with Crippen molar-refractivity contribution in [3.63, 3.8) is 0 Å². The molecule has 1 aliphatic carbocycles. The van der Waals surface area contributed by atoms with Crippen LogP contribution >= 0.6 is 0 Å². The summed E-state index contributed by atoms with van der Waals surface area (Å²) in [6.07, 6.45) is 5.80. The number of hydrogen-bond donors (Lipinski definition) is 2. The summed E-state index contributed by atoms with van der Waals surface area (Å²) in [5.41, 5.74) is 13.6. The number of nitrogens with zero attached hydrogens (tertiary/aromatic N) is 2. The number of anilines is 1. The molecule has 1 heterocycles. The lowest BCUT2D eigenvalue weighted by Gasteiger charge is -2.18. The number of aryl methyl sites for hydroxylation is 1. The van der Waals surface area contributed by atoms with Gasteiger partial charge in [-0.15, -0.1) is 0 Å². The van der Waals surface area contributed by atoms with Crippen molar-refractivity contribution in [3.05, 3.63) is 17.7 Å². The van der Waals surface area contributed by atoms with Crippen molar-refractivity contribution < 1.29 is 0 Å². The first kappa shape index (κ1) is 12.3. The minimum Gasteiger partial charge on any atom is -0.396 e. The molecule has 0 saturated heterocycles. The zero-order chi connectivity index (χ0) is 12.7. The lowest BCUT2D eigenvalue weighted by Crippen LogP contribution is -2.23. The Labute approximate surface area is 103 Å². The molecule has 94 valence electrons. The summed E-state index contributed by atoms with van der Waals surface area (Å²) in [6.45, 7) is 6.31. The molecule has 0 unspecified atom stereocenters. The first-order valence-electron chi connectivity index (χ1n) is 6.21. The molecule has 0 amide bonds. The maximum atomic E-state index is 6.08. The molecule has 1 aromatic rings. The molecule has 0 atom stereocenters. The van der Waals surface area contributed by atoms with Crippen LogP contribution < -0.4 is 11.5 Å². The van der Waals surface area contributed by atoms with Gasteiger partial charge in [0, 0.05) is 11.0 Å². The van der Waals surface area contributed by atoms with Crippen LogP contribution in [0.5, 0.6) is 0 Å². The second-order valence-corrected chi connectivity index (χ2v) is 6.21. The van der Waals surface area contributed by atoms with E-state index in [1.807, 2.05) is 0 Å². The van der Waals surface area contributed by atoms with Crippen LogP contribution in [0.4, 0.5) is 5.69 Å². The van der Waals surface area contributed by atoms with Crippen molar-refractivity contribution in [2.24, 2.45) is 5.73 Å². The highest BCUT2D eigenvalue weighted by atomic mass is 14.9. The number of aromatic nitrogens is 2. The van der Waals surface area contributed by atoms with Crippen LogP contribution in [0.2, 0.25) is 0 Å². The van der Waals surface area contributed by atoms with Gasteiger partial charge < -0.3 is 11.5 Å². The zero-order valence-corrected chi connectivity index (χ0v) is 11.0. The first-order chi connectivity index (χ1) is 7.80. The highest BCUT2D eigenvalue weighted by Gasteiger charge is 2.37. The molecule has 2 rings (SSSR count). The Morgan fingerprint density at radius 3 is 2.53 bits per heavy atom. The molecule has 17 heavy (non-hydrogen) atoms. The van der Waals surface area contributed by atoms with E-state index in [0.717, 1.165) is 37.2 Å². The molecule has 0 bridgehead atoms. The largest absolute Gasteiger partial charge is 0.396 e. The van der Waals surface area contributed by atoms with Gasteiger partial charge in [-0.25, -0.2) is 9.97 Å². The van der Waals surface area contributed by atoms with Crippen LogP contribution in [0.1, 0.15) is 51.6 Å². The van der Waals surface area contributed by atoms with E-state index in [-0.39, 0.29) is 11.0 Å². The van der Waals surface area contributed by atoms with Crippen LogP contribution in [0.15, 0.2) is 6.20 Å². The van der Waals surface area contributed by atoms with E-state index >= 15 is 0 Å². The van der Waals surface area contributed by atoms with Gasteiger partial charge in [-0.3, -0.25) is 0 Å². The Morgan fingerprint density at radius 2 is 2.00 bits per heavy atom. The highest BCUT2D eigenvalue weighted by Crippen LogP contribution is 2.36. The molecular weight excluding hydrogens is 212 g/mol. The number of hydrogen-bond acceptors (Lipinski definition) is 4. The van der Waals surface area contributed by atoms with E-state index in [4.69, 9.17) is 11.5 Å². The maximum Gasteiger partial charge on any atom is 0.134 e. The van der Waals surface area contributed by atoms with E-state index in [1.165, 1.54) is 0 Å². The summed E-state index contributed by atoms with van der Waals surface area (Å²) >= 11 is 0. The van der Waals surface area contributed by atoms with E-state index in [9.17, 15) is 0 Å². The molecule has 0 aromatic carbocycles. The van der Waals surface area contributed by atoms with Crippen LogP contribution in [0.3, 0.4) is 0 Å². The Bertz CT molecular complexity index is 416. The van der Waals surface area contributed by atoms with E-state index in [0.29, 0.717) is 5.69 Å². The monoisotopic (exact) mass is 234 g/mol. The van der Waals surface area contributed by atoms with Crippen LogP contribution in [0.25, 0.3) is 0 Å². The summed E-state index contributed by atoms with van der Waals surface area (Å²) in [4.78, 5) is 8.89. The van der Waals surface area contributed by atoms with Gasteiger partial charge in [0.15, 0.2) is 0 Å². The van der Waals surface area contributed by atoms with Gasteiger partial charge in [-0.1, -0.05) is 20.8 Å². The smallest absolute Gasteiger partial charge is 0.134 e. The molecule has 0 aliphatic heterocycles. The SMILES string of the molecule is CC(C)(C)c1ncc(N)c(CCC2(N)CC2)n1. The molecule has 1 saturated carbocycles. The van der Waals surface area contributed by atoms with Crippen molar-refractivity contribution in [3.8, 4) is 0 Å². The summed E-state index contributed by atoms with van der Waals surface area (Å²) in [6, 6.07) is 0. The lowest BCUT2D eigenvalue weighted by atomic mass is 9.95. The summed E-state index contributed by atoms with van der Waals surface area (Å²) in [5, 5.41) is 0. The van der Waals surface area contributed by atoms with Gasteiger partial charge in [0.1, 0.15) is 5.82 Å². The molecule has 0 radical (unpaired) electrons. The topological polar surface area (TPSA) is 77.8 Å². The lowest BCUT2D eigenvalue weighted by molar-refractivity contribution is 0.536. The van der Waals surface area contributed by atoms with Crippen LogP contribution in [-0.2, 0) is 11.8 Å². The van der Waals surface area contributed by atoms with Crippen molar-refractivity contribution in [1.29, 1.82) is 0 Å². The fourth-order valence-electron chi connectivity index (χ4n) is 1.77. The predicted octanol–water partition coefficient (Wildman–Crippen LogP) is 1.78. The molecule has 4 nitrogen and oxygen atoms in total. The van der Waals surface area contributed by atoms with Crippen molar-refractivity contribution >= 4 is 5.69 Å². The molecular formula is C13H22N4. The number of rotatable bonds is 3. The van der Waals surface area contributed by atoms with E-state index < -0.39 is 0 Å². The molecule has 1 aromatic heterocycles. The molecule has 4 heteroatoms. The van der Waals surface area contributed by atoms with Gasteiger partial charge in [0.05, 0.1) is 17.6 Å². The van der Waals surface area contributed by atoms with Crippen molar-refractivity contribution in [1.82, 2.24) is 9.97 Å². The minimum atomic E-state index is -0.0393. The van der Waals surface area contributed by atoms with E-state index in [1.54, 1.807) is 6.20 Å². The zero-order valence-electron chi connectivity index (χ0n) is 11.0. The summed E-state index contributed by atoms with van der Waals surface area (Å²) in [5.74, 6) is 0.851. The molecule has 1 fully saturated rings. The third-order valence-electron chi connectivity index (χ3n) is 3.32. The Kier molecular flexibility index (Phi) is 2.86. The van der Waals surface area contributed by atoms with Gasteiger partial charge in [-0.2, -0.15) is 0 Å². The van der Waals surface area contributed by atoms with Crippen molar-refractivity contribution in [2.75, 3.05) is 5.73 Å². The molecule has 1 aliphatic rings. The standard InChI is InChI=1S/C13H22N4/c1-12(2,3)11-16-8-9(14)10(17-11)4-5-13(15)6-7-13/h8H,4-7,14-15H2,1-3H3. The third-order valence-corrected chi connectivity index (χ3v) is 3.32. The Morgan fingerprint density at radius 1 is 1.35 bits per heavy atom. The Balaban J connectivity index is 2.14. The van der Waals surface area contributed by atoms with Gasteiger partial charge in [0.2, 0.25) is 0 Å². The highest BCUT2D eigenvalue weighted by molar-refractivity contribution is 5.41. The first-order valence-corrected chi connectivity index (χ1v) is 6.21. The minimum absolute atomic E-state index is 0.0393. The van der Waals surface area contributed by atoms with Gasteiger partial charge in [0.25, 0.3) is 0 Å². The molecule has 0 spiro atoms. The molecule has 4 N–H and O–H groups in total. The van der Waals surface area contributed by atoms with Gasteiger partial charge in [-0.05, 0) is 25.7 Å². The summed E-state index contributed by atoms with van der Waals surface area (Å²) in [7, 11) is 0. The predicted molar refractivity (Wildman–Crippen MR) is 69.6 cm³/mol. The second-order valence-electron chi connectivity index (χ2n) is 6.21. The average molecular weight is 234 g/mol. The van der Waals surface area contributed by atoms with Gasteiger partial charge >= 0.3 is 0 Å². The van der Waals surface area contributed by atoms with Crippen LogP contribution in [-0.4, -0.2) is 15.5 Å². The summed E-state index contributed by atoms with van der Waals surface area (Å²) < 4.78 is 0. The van der Waals surface area contributed by atoms with Crippen LogP contribution in [0, 0.1) is 0 Å². The number of nitrogen functional groups attached to an aromatic ring is 1. The Hall–Kier alpha value is -1.16.